The molecule has 2 heteroatoms. The third-order valence-corrected chi connectivity index (χ3v) is 6.85. The summed E-state index contributed by atoms with van der Waals surface area (Å²) in [6.45, 7) is 0. The molecule has 4 aliphatic rings. The van der Waals surface area contributed by atoms with Gasteiger partial charge in [0.2, 0.25) is 0 Å². The Morgan fingerprint density at radius 2 is 1.40 bits per heavy atom. The van der Waals surface area contributed by atoms with Crippen LogP contribution in [0.25, 0.3) is 11.1 Å². The van der Waals surface area contributed by atoms with Crippen molar-refractivity contribution in [2.24, 2.45) is 23.2 Å². The van der Waals surface area contributed by atoms with Crippen LogP contribution in [0, 0.1) is 29.0 Å². The van der Waals surface area contributed by atoms with Crippen LogP contribution in [-0.2, 0) is 0 Å². The molecule has 4 aliphatic carbocycles. The number of carbonyl (C=O) groups excluding carboxylic acids is 1. The number of carbonyl (C=O) groups is 1. The van der Waals surface area contributed by atoms with Crippen LogP contribution in [0.1, 0.15) is 48.9 Å². The molecule has 0 radical (unpaired) electrons. The Balaban J connectivity index is 1.56. The molecule has 2 aromatic rings. The van der Waals surface area contributed by atoms with Gasteiger partial charge < -0.3 is 0 Å². The highest BCUT2D eigenvalue weighted by Crippen LogP contribution is 2.61. The monoisotopic (exact) mass is 334 g/mol. The van der Waals surface area contributed by atoms with Crippen LogP contribution >= 0.6 is 0 Å². The molecule has 0 aliphatic heterocycles. The molecule has 4 bridgehead atoms. The summed E-state index contributed by atoms with van der Waals surface area (Å²) in [5, 5.41) is 0. The Labute approximate surface area is 148 Å². The molecule has 0 spiro atoms. The smallest absolute Gasteiger partial charge is 0.169 e. The fourth-order valence-electron chi connectivity index (χ4n) is 6.24. The molecular formula is C23H23FO. The van der Waals surface area contributed by atoms with Crippen LogP contribution in [0.5, 0.6) is 0 Å². The number of benzene rings is 2. The summed E-state index contributed by atoms with van der Waals surface area (Å²) >= 11 is 0. The molecule has 0 aromatic heterocycles. The van der Waals surface area contributed by atoms with E-state index in [0.29, 0.717) is 5.78 Å². The molecule has 128 valence electrons. The number of rotatable bonds is 3. The van der Waals surface area contributed by atoms with Crippen molar-refractivity contribution < 1.29 is 9.18 Å². The lowest BCUT2D eigenvalue weighted by atomic mass is 9.48. The number of hydrogen-bond donors (Lipinski definition) is 0. The van der Waals surface area contributed by atoms with Gasteiger partial charge in [-0.15, -0.1) is 0 Å². The van der Waals surface area contributed by atoms with Crippen molar-refractivity contribution in [2.45, 2.75) is 38.5 Å². The van der Waals surface area contributed by atoms with Crippen molar-refractivity contribution in [1.29, 1.82) is 0 Å². The number of ketones is 1. The Hall–Kier alpha value is -1.96. The van der Waals surface area contributed by atoms with Gasteiger partial charge in [0.15, 0.2) is 5.78 Å². The summed E-state index contributed by atoms with van der Waals surface area (Å²) < 4.78 is 13.3. The van der Waals surface area contributed by atoms with Gasteiger partial charge in [-0.05, 0) is 79.5 Å². The van der Waals surface area contributed by atoms with Crippen molar-refractivity contribution in [1.82, 2.24) is 0 Å². The predicted molar refractivity (Wildman–Crippen MR) is 96.8 cm³/mol. The average molecular weight is 334 g/mol. The topological polar surface area (TPSA) is 17.1 Å². The van der Waals surface area contributed by atoms with Gasteiger partial charge in [0.05, 0.1) is 0 Å². The van der Waals surface area contributed by atoms with Gasteiger partial charge in [-0.25, -0.2) is 4.39 Å². The van der Waals surface area contributed by atoms with E-state index in [2.05, 4.69) is 0 Å². The first-order valence-corrected chi connectivity index (χ1v) is 9.53. The standard InChI is InChI=1S/C23H23FO/c24-19-7-5-18(6-8-19)20-3-1-2-4-21(20)22(25)23-12-15-9-16(13-23)11-17(10-15)14-23/h1-8,15-17H,9-14H2. The second-order valence-corrected chi connectivity index (χ2v) is 8.58. The van der Waals surface area contributed by atoms with Gasteiger partial charge >= 0.3 is 0 Å². The van der Waals surface area contributed by atoms with Gasteiger partial charge in [-0.1, -0.05) is 36.4 Å². The zero-order valence-corrected chi connectivity index (χ0v) is 14.4. The van der Waals surface area contributed by atoms with Gasteiger partial charge in [0.25, 0.3) is 0 Å². The van der Waals surface area contributed by atoms with E-state index < -0.39 is 0 Å². The summed E-state index contributed by atoms with van der Waals surface area (Å²) in [6, 6.07) is 14.4. The van der Waals surface area contributed by atoms with Gasteiger partial charge in [0, 0.05) is 11.0 Å². The quantitative estimate of drug-likeness (QED) is 0.639. The Morgan fingerprint density at radius 3 is 2.00 bits per heavy atom. The molecule has 6 rings (SSSR count). The Morgan fingerprint density at radius 1 is 0.840 bits per heavy atom. The van der Waals surface area contributed by atoms with E-state index in [9.17, 15) is 9.18 Å². The molecule has 1 nitrogen and oxygen atoms in total. The van der Waals surface area contributed by atoms with E-state index in [1.807, 2.05) is 24.3 Å². The second kappa shape index (κ2) is 5.52. The SMILES string of the molecule is O=C(c1ccccc1-c1ccc(F)cc1)C12CC3CC(CC(C3)C1)C2. The highest BCUT2D eigenvalue weighted by Gasteiger charge is 2.54. The zero-order chi connectivity index (χ0) is 17.0. The van der Waals surface area contributed by atoms with Crippen molar-refractivity contribution in [3.05, 3.63) is 59.9 Å². The van der Waals surface area contributed by atoms with Crippen LogP contribution in [0.4, 0.5) is 4.39 Å². The first kappa shape index (κ1) is 15.3. The highest BCUT2D eigenvalue weighted by molar-refractivity contribution is 6.06. The third kappa shape index (κ3) is 2.46. The normalized spacial score (nSPS) is 32.8. The lowest BCUT2D eigenvalue weighted by Crippen LogP contribution is -2.50. The van der Waals surface area contributed by atoms with E-state index in [1.54, 1.807) is 12.1 Å². The van der Waals surface area contributed by atoms with Crippen molar-refractivity contribution in [3.63, 3.8) is 0 Å². The Bertz CT molecular complexity index is 785. The van der Waals surface area contributed by atoms with Crippen LogP contribution in [0.15, 0.2) is 48.5 Å². The lowest BCUT2D eigenvalue weighted by Gasteiger charge is -2.56. The number of Topliss-reactive ketones (excluding diaryl/α,β-unsaturated/α-hetero) is 1. The summed E-state index contributed by atoms with van der Waals surface area (Å²) in [6.07, 6.45) is 7.26. The molecular weight excluding hydrogens is 311 g/mol. The maximum Gasteiger partial charge on any atom is 0.169 e. The minimum absolute atomic E-state index is 0.134. The molecule has 0 unspecified atom stereocenters. The first-order chi connectivity index (χ1) is 12.1. The molecule has 2 aromatic carbocycles. The van der Waals surface area contributed by atoms with Gasteiger partial charge in [-0.2, -0.15) is 0 Å². The molecule has 4 saturated carbocycles. The van der Waals surface area contributed by atoms with Crippen LogP contribution in [-0.4, -0.2) is 5.78 Å². The minimum Gasteiger partial charge on any atom is -0.294 e. The molecule has 0 N–H and O–H groups in total. The molecule has 25 heavy (non-hydrogen) atoms. The van der Waals surface area contributed by atoms with Crippen molar-refractivity contribution in [2.75, 3.05) is 0 Å². The molecule has 4 fully saturated rings. The minimum atomic E-state index is -0.242. The Kier molecular flexibility index (Phi) is 3.38. The number of hydrogen-bond acceptors (Lipinski definition) is 1. The van der Waals surface area contributed by atoms with E-state index >= 15 is 0 Å². The maximum absolute atomic E-state index is 13.7. The van der Waals surface area contributed by atoms with Crippen LogP contribution in [0.2, 0.25) is 0 Å². The van der Waals surface area contributed by atoms with E-state index in [1.165, 1.54) is 31.4 Å². The van der Waals surface area contributed by atoms with Crippen LogP contribution in [0.3, 0.4) is 0 Å². The molecule has 0 amide bonds. The van der Waals surface area contributed by atoms with Gasteiger partial charge in [-0.3, -0.25) is 4.79 Å². The summed E-state index contributed by atoms with van der Waals surface area (Å²) in [4.78, 5) is 13.7. The van der Waals surface area contributed by atoms with Gasteiger partial charge in [0.1, 0.15) is 5.82 Å². The van der Waals surface area contributed by atoms with E-state index in [4.69, 9.17) is 0 Å². The first-order valence-electron chi connectivity index (χ1n) is 9.53. The maximum atomic E-state index is 13.7. The van der Waals surface area contributed by atoms with Crippen molar-refractivity contribution in [3.8, 4) is 11.1 Å². The largest absolute Gasteiger partial charge is 0.294 e. The van der Waals surface area contributed by atoms with E-state index in [0.717, 1.165) is 53.7 Å². The fraction of sp³-hybridized carbons (Fsp3) is 0.435. The highest BCUT2D eigenvalue weighted by atomic mass is 19.1. The van der Waals surface area contributed by atoms with Crippen molar-refractivity contribution >= 4 is 5.78 Å². The summed E-state index contributed by atoms with van der Waals surface area (Å²) in [7, 11) is 0. The zero-order valence-electron chi connectivity index (χ0n) is 14.4. The second-order valence-electron chi connectivity index (χ2n) is 8.58. The summed E-state index contributed by atoms with van der Waals surface area (Å²) in [5.41, 5.74) is 2.57. The van der Waals surface area contributed by atoms with Crippen LogP contribution < -0.4 is 0 Å². The average Bonchev–Trinajstić information content (AvgIpc) is 2.61. The molecule has 0 atom stereocenters. The lowest BCUT2D eigenvalue weighted by molar-refractivity contribution is -0.0352. The molecule has 0 heterocycles. The molecule has 0 saturated heterocycles. The number of halogens is 1. The summed E-state index contributed by atoms with van der Waals surface area (Å²) in [5.74, 6) is 2.37. The predicted octanol–water partition coefficient (Wildman–Crippen LogP) is 5.89. The van der Waals surface area contributed by atoms with E-state index in [-0.39, 0.29) is 11.2 Å². The fourth-order valence-corrected chi connectivity index (χ4v) is 6.24. The third-order valence-electron chi connectivity index (χ3n) is 6.85.